The zero-order valence-corrected chi connectivity index (χ0v) is 19.4. The standard InChI is InChI=1S/C26H30FNO3S/c1-26(2,21-9-4-3-5-10-21)16-18-28-17-6-11-23(31-25(29)30)24(28)32-19-7-8-20-12-14-22(27)15-13-20/h3-6,9-15H,7-8,16-19H2,1-2H3,(H,29,30). The number of rotatable bonds is 10. The highest BCUT2D eigenvalue weighted by atomic mass is 32.2. The molecule has 4 nitrogen and oxygen atoms in total. The van der Waals surface area contributed by atoms with Crippen LogP contribution in [-0.2, 0) is 16.6 Å². The van der Waals surface area contributed by atoms with Crippen LogP contribution >= 0.6 is 11.8 Å². The first-order valence-electron chi connectivity index (χ1n) is 10.8. The minimum absolute atomic E-state index is 0.00536. The van der Waals surface area contributed by atoms with E-state index in [0.29, 0.717) is 5.76 Å². The number of halogens is 1. The molecule has 6 heteroatoms. The first-order valence-corrected chi connectivity index (χ1v) is 11.8. The molecule has 0 fully saturated rings. The number of hydrogen-bond donors (Lipinski definition) is 1. The normalized spacial score (nSPS) is 14.0. The van der Waals surface area contributed by atoms with Crippen LogP contribution in [0.4, 0.5) is 9.18 Å². The maximum absolute atomic E-state index is 13.1. The van der Waals surface area contributed by atoms with E-state index in [4.69, 9.17) is 4.74 Å². The molecule has 0 spiro atoms. The molecular weight excluding hydrogens is 425 g/mol. The van der Waals surface area contributed by atoms with Gasteiger partial charge in [0.1, 0.15) is 10.8 Å². The van der Waals surface area contributed by atoms with E-state index < -0.39 is 6.16 Å². The van der Waals surface area contributed by atoms with Gasteiger partial charge in [-0.05, 0) is 59.8 Å². The number of carbonyl (C=O) groups is 1. The Morgan fingerprint density at radius 3 is 2.56 bits per heavy atom. The van der Waals surface area contributed by atoms with Crippen LogP contribution in [0.25, 0.3) is 0 Å². The number of carboxylic acid groups (broad SMARTS) is 1. The summed E-state index contributed by atoms with van der Waals surface area (Å²) in [5, 5.41) is 10.0. The van der Waals surface area contributed by atoms with E-state index in [0.717, 1.165) is 48.7 Å². The predicted octanol–water partition coefficient (Wildman–Crippen LogP) is 6.59. The van der Waals surface area contributed by atoms with Crippen molar-refractivity contribution in [3.05, 3.63) is 94.5 Å². The van der Waals surface area contributed by atoms with Crippen molar-refractivity contribution < 1.29 is 19.0 Å². The molecule has 0 bridgehead atoms. The third-order valence-corrected chi connectivity index (χ3v) is 6.84. The fourth-order valence-corrected chi connectivity index (χ4v) is 4.75. The molecule has 0 saturated carbocycles. The first-order chi connectivity index (χ1) is 15.3. The van der Waals surface area contributed by atoms with Gasteiger partial charge in [0.25, 0.3) is 0 Å². The molecule has 0 radical (unpaired) electrons. The molecule has 2 aromatic rings. The second kappa shape index (κ2) is 11.2. The van der Waals surface area contributed by atoms with Gasteiger partial charge in [-0.1, -0.05) is 62.4 Å². The summed E-state index contributed by atoms with van der Waals surface area (Å²) in [4.78, 5) is 13.4. The van der Waals surface area contributed by atoms with Crippen molar-refractivity contribution >= 4 is 17.9 Å². The smallest absolute Gasteiger partial charge is 0.449 e. The number of nitrogens with zero attached hydrogens (tertiary/aromatic N) is 1. The number of hydrogen-bond acceptors (Lipinski definition) is 4. The lowest BCUT2D eigenvalue weighted by atomic mass is 9.81. The largest absolute Gasteiger partial charge is 0.511 e. The molecule has 1 heterocycles. The third-order valence-electron chi connectivity index (χ3n) is 5.61. The predicted molar refractivity (Wildman–Crippen MR) is 128 cm³/mol. The Morgan fingerprint density at radius 1 is 1.16 bits per heavy atom. The van der Waals surface area contributed by atoms with Crippen LogP contribution in [0.15, 0.2) is 77.5 Å². The highest BCUT2D eigenvalue weighted by molar-refractivity contribution is 8.03. The number of aryl methyl sites for hydroxylation is 1. The van der Waals surface area contributed by atoms with E-state index in [-0.39, 0.29) is 11.2 Å². The molecule has 1 aliphatic heterocycles. The van der Waals surface area contributed by atoms with Crippen LogP contribution in [-0.4, -0.2) is 35.0 Å². The Kier molecular flexibility index (Phi) is 8.39. The summed E-state index contributed by atoms with van der Waals surface area (Å²) in [5.41, 5.74) is 2.37. The molecule has 0 aliphatic carbocycles. The van der Waals surface area contributed by atoms with Gasteiger partial charge in [0.05, 0.1) is 0 Å². The average Bonchev–Trinajstić information content (AvgIpc) is 2.78. The van der Waals surface area contributed by atoms with Crippen LogP contribution < -0.4 is 0 Å². The molecule has 1 aliphatic rings. The summed E-state index contributed by atoms with van der Waals surface area (Å²) in [6.45, 7) is 5.97. The second-order valence-corrected chi connectivity index (χ2v) is 9.55. The van der Waals surface area contributed by atoms with Gasteiger partial charge in [0.15, 0.2) is 5.76 Å². The number of benzene rings is 2. The summed E-state index contributed by atoms with van der Waals surface area (Å²) in [7, 11) is 0. The van der Waals surface area contributed by atoms with E-state index in [2.05, 4.69) is 43.0 Å². The van der Waals surface area contributed by atoms with E-state index >= 15 is 0 Å². The molecule has 170 valence electrons. The summed E-state index contributed by atoms with van der Waals surface area (Å²) < 4.78 is 18.2. The van der Waals surface area contributed by atoms with Gasteiger partial charge in [0.2, 0.25) is 0 Å². The minimum atomic E-state index is -1.31. The van der Waals surface area contributed by atoms with Crippen molar-refractivity contribution in [3.63, 3.8) is 0 Å². The van der Waals surface area contributed by atoms with Crippen molar-refractivity contribution in [1.29, 1.82) is 0 Å². The molecule has 2 aromatic carbocycles. The molecule has 0 atom stereocenters. The van der Waals surface area contributed by atoms with Gasteiger partial charge in [-0.3, -0.25) is 0 Å². The Bertz CT molecular complexity index is 955. The maximum Gasteiger partial charge on any atom is 0.511 e. The molecule has 1 N–H and O–H groups in total. The number of thioether (sulfide) groups is 1. The molecule has 0 saturated heterocycles. The quantitative estimate of drug-likeness (QED) is 0.323. The van der Waals surface area contributed by atoms with Gasteiger partial charge in [0, 0.05) is 13.1 Å². The summed E-state index contributed by atoms with van der Waals surface area (Å²) in [6, 6.07) is 17.0. The molecule has 0 unspecified atom stereocenters. The van der Waals surface area contributed by atoms with Gasteiger partial charge >= 0.3 is 6.16 Å². The fourth-order valence-electron chi connectivity index (χ4n) is 3.67. The fraction of sp³-hybridized carbons (Fsp3) is 0.346. The van der Waals surface area contributed by atoms with E-state index in [1.165, 1.54) is 17.7 Å². The van der Waals surface area contributed by atoms with Crippen molar-refractivity contribution in [2.45, 2.75) is 38.5 Å². The highest BCUT2D eigenvalue weighted by Crippen LogP contribution is 2.33. The number of ether oxygens (including phenoxy) is 1. The Balaban J connectivity index is 1.64. The highest BCUT2D eigenvalue weighted by Gasteiger charge is 2.25. The zero-order chi connectivity index (χ0) is 23.0. The average molecular weight is 456 g/mol. The molecular formula is C26H30FNO3S. The topological polar surface area (TPSA) is 49.8 Å². The summed E-state index contributed by atoms with van der Waals surface area (Å²) >= 11 is 1.62. The van der Waals surface area contributed by atoms with Gasteiger partial charge in [-0.25, -0.2) is 9.18 Å². The van der Waals surface area contributed by atoms with Crippen LogP contribution in [0.1, 0.15) is 37.8 Å². The molecule has 0 aromatic heterocycles. The molecule has 3 rings (SSSR count). The molecule has 32 heavy (non-hydrogen) atoms. The van der Waals surface area contributed by atoms with Crippen molar-refractivity contribution in [2.75, 3.05) is 18.8 Å². The van der Waals surface area contributed by atoms with E-state index in [1.807, 2.05) is 12.1 Å². The van der Waals surface area contributed by atoms with Crippen LogP contribution in [0.3, 0.4) is 0 Å². The van der Waals surface area contributed by atoms with Gasteiger partial charge in [-0.15, -0.1) is 11.8 Å². The van der Waals surface area contributed by atoms with Crippen LogP contribution in [0.5, 0.6) is 0 Å². The Hall–Kier alpha value is -2.73. The lowest BCUT2D eigenvalue weighted by Crippen LogP contribution is -2.31. The van der Waals surface area contributed by atoms with Gasteiger partial charge in [-0.2, -0.15) is 0 Å². The lowest BCUT2D eigenvalue weighted by Gasteiger charge is -2.33. The molecule has 0 amide bonds. The summed E-state index contributed by atoms with van der Waals surface area (Å²) in [5.74, 6) is 0.964. The van der Waals surface area contributed by atoms with Crippen molar-refractivity contribution in [2.24, 2.45) is 0 Å². The van der Waals surface area contributed by atoms with Gasteiger partial charge < -0.3 is 14.7 Å². The lowest BCUT2D eigenvalue weighted by molar-refractivity contribution is 0.119. The zero-order valence-electron chi connectivity index (χ0n) is 18.6. The Morgan fingerprint density at radius 2 is 1.88 bits per heavy atom. The Labute approximate surface area is 193 Å². The first kappa shape index (κ1) is 23.9. The SMILES string of the molecule is CC(C)(CCN1CC=CC(OC(=O)O)=C1SCCCc1ccc(F)cc1)c1ccccc1. The second-order valence-electron chi connectivity index (χ2n) is 8.46. The third kappa shape index (κ3) is 6.89. The van der Waals surface area contributed by atoms with Crippen molar-refractivity contribution in [1.82, 2.24) is 4.90 Å². The van der Waals surface area contributed by atoms with Crippen LogP contribution in [0.2, 0.25) is 0 Å². The number of allylic oxidation sites excluding steroid dienone is 1. The minimum Gasteiger partial charge on any atom is -0.449 e. The monoisotopic (exact) mass is 455 g/mol. The van der Waals surface area contributed by atoms with Crippen molar-refractivity contribution in [3.8, 4) is 0 Å². The maximum atomic E-state index is 13.1. The van der Waals surface area contributed by atoms with E-state index in [1.54, 1.807) is 30.0 Å². The van der Waals surface area contributed by atoms with Crippen LogP contribution in [0, 0.1) is 5.82 Å². The summed E-state index contributed by atoms with van der Waals surface area (Å²) in [6.07, 6.45) is 5.04. The van der Waals surface area contributed by atoms with E-state index in [9.17, 15) is 14.3 Å².